The van der Waals surface area contributed by atoms with E-state index in [4.69, 9.17) is 5.73 Å². The third-order valence-electron chi connectivity index (χ3n) is 2.80. The van der Waals surface area contributed by atoms with Crippen molar-refractivity contribution in [2.24, 2.45) is 5.73 Å². The molecule has 0 aromatic carbocycles. The molecule has 0 aliphatic carbocycles. The third kappa shape index (κ3) is 8.76. The van der Waals surface area contributed by atoms with E-state index in [1.54, 1.807) is 0 Å². The van der Waals surface area contributed by atoms with Crippen LogP contribution in [-0.2, 0) is 4.79 Å². The minimum Gasteiger partial charge on any atom is -0.389 e. The van der Waals surface area contributed by atoms with E-state index >= 15 is 0 Å². The van der Waals surface area contributed by atoms with Gasteiger partial charge in [0.15, 0.2) is 0 Å². The van der Waals surface area contributed by atoms with Gasteiger partial charge in [0.1, 0.15) is 0 Å². The van der Waals surface area contributed by atoms with Gasteiger partial charge in [-0.05, 0) is 46.5 Å². The van der Waals surface area contributed by atoms with Crippen LogP contribution in [0.1, 0.15) is 46.5 Å². The molecule has 0 rings (SSSR count). The lowest BCUT2D eigenvalue weighted by molar-refractivity contribution is -0.113. The highest BCUT2D eigenvalue weighted by molar-refractivity contribution is 5.86. The van der Waals surface area contributed by atoms with Gasteiger partial charge < -0.3 is 10.8 Å². The van der Waals surface area contributed by atoms with Crippen molar-refractivity contribution in [2.75, 3.05) is 0 Å². The van der Waals surface area contributed by atoms with Crippen molar-refractivity contribution in [3.05, 3.63) is 35.5 Å². The highest BCUT2D eigenvalue weighted by Gasteiger charge is 2.04. The maximum Gasteiger partial charge on any atom is 0.241 e. The fraction of sp³-hybridized carbons (Fsp3) is 0.533. The fourth-order valence-corrected chi connectivity index (χ4v) is 1.57. The van der Waals surface area contributed by atoms with Crippen molar-refractivity contribution in [1.82, 2.24) is 0 Å². The van der Waals surface area contributed by atoms with Gasteiger partial charge in [-0.15, -0.1) is 0 Å². The van der Waals surface area contributed by atoms with E-state index in [0.717, 1.165) is 30.4 Å². The molecule has 3 N–H and O–H groups in total. The Bertz CT molecular complexity index is 354. The highest BCUT2D eigenvalue weighted by Crippen LogP contribution is 2.13. The summed E-state index contributed by atoms with van der Waals surface area (Å²) in [4.78, 5) is 10.6. The molecule has 0 saturated heterocycles. The van der Waals surface area contributed by atoms with Crippen molar-refractivity contribution in [3.63, 3.8) is 0 Å². The van der Waals surface area contributed by atoms with Crippen LogP contribution in [0.25, 0.3) is 0 Å². The number of hydrogen-bond acceptors (Lipinski definition) is 2. The molecule has 3 nitrogen and oxygen atoms in total. The Hall–Kier alpha value is -1.35. The van der Waals surface area contributed by atoms with Gasteiger partial charge in [-0.25, -0.2) is 0 Å². The zero-order chi connectivity index (χ0) is 14.1. The molecule has 1 atom stereocenters. The minimum atomic E-state index is -0.412. The van der Waals surface area contributed by atoms with Crippen molar-refractivity contribution in [1.29, 1.82) is 0 Å². The van der Waals surface area contributed by atoms with Gasteiger partial charge in [-0.1, -0.05) is 29.4 Å². The molecule has 1 amide bonds. The van der Waals surface area contributed by atoms with Crippen LogP contribution in [0.2, 0.25) is 0 Å². The van der Waals surface area contributed by atoms with Crippen LogP contribution in [0.15, 0.2) is 35.5 Å². The molecule has 3 heteroatoms. The van der Waals surface area contributed by atoms with Crippen molar-refractivity contribution in [2.45, 2.75) is 52.6 Å². The Labute approximate surface area is 110 Å². The molecule has 0 aromatic rings. The number of primary amides is 1. The Balaban J connectivity index is 3.98. The Kier molecular flexibility index (Phi) is 8.05. The predicted molar refractivity (Wildman–Crippen MR) is 76.0 cm³/mol. The second kappa shape index (κ2) is 8.70. The summed E-state index contributed by atoms with van der Waals surface area (Å²) in [6.07, 6.45) is 6.51. The summed E-state index contributed by atoms with van der Waals surface area (Å²) in [5.74, 6) is -0.391. The van der Waals surface area contributed by atoms with Gasteiger partial charge in [-0.2, -0.15) is 0 Å². The smallest absolute Gasteiger partial charge is 0.241 e. The first-order chi connectivity index (χ1) is 8.32. The Morgan fingerprint density at radius 1 is 1.28 bits per heavy atom. The number of aliphatic hydroxyl groups excluding tert-OH is 1. The van der Waals surface area contributed by atoms with E-state index in [1.807, 2.05) is 13.8 Å². The summed E-state index contributed by atoms with van der Waals surface area (Å²) >= 11 is 0. The lowest BCUT2D eigenvalue weighted by Crippen LogP contribution is -2.07. The average Bonchev–Trinajstić information content (AvgIpc) is 2.24. The van der Waals surface area contributed by atoms with Gasteiger partial charge in [0, 0.05) is 6.08 Å². The lowest BCUT2D eigenvalue weighted by Gasteiger charge is -2.09. The molecular formula is C15H25NO2. The van der Waals surface area contributed by atoms with Crippen LogP contribution in [0, 0.1) is 0 Å². The van der Waals surface area contributed by atoms with E-state index in [0.29, 0.717) is 6.42 Å². The van der Waals surface area contributed by atoms with Crippen LogP contribution in [-0.4, -0.2) is 17.1 Å². The van der Waals surface area contributed by atoms with E-state index in [9.17, 15) is 9.90 Å². The topological polar surface area (TPSA) is 63.3 Å². The van der Waals surface area contributed by atoms with Crippen LogP contribution in [0.4, 0.5) is 0 Å². The van der Waals surface area contributed by atoms with Gasteiger partial charge >= 0.3 is 0 Å². The summed E-state index contributed by atoms with van der Waals surface area (Å²) in [7, 11) is 0. The second-order valence-corrected chi connectivity index (χ2v) is 4.88. The Morgan fingerprint density at radius 3 is 2.39 bits per heavy atom. The summed E-state index contributed by atoms with van der Waals surface area (Å²) in [6.45, 7) is 9.52. The Morgan fingerprint density at radius 2 is 1.89 bits per heavy atom. The molecule has 0 saturated carbocycles. The number of aliphatic hydroxyl groups is 1. The van der Waals surface area contributed by atoms with Gasteiger partial charge in [0.2, 0.25) is 5.91 Å². The first-order valence-electron chi connectivity index (χ1n) is 6.28. The standard InChI is InChI=1S/C15H25NO2/c1-11(2)14(17)9-8-12(3)6-5-7-13(4)10-15(16)18/h6,10,14,17H,1,5,7-9H2,2-4H3,(H2,16,18)/b12-6+,13-10+. The van der Waals surface area contributed by atoms with Crippen LogP contribution in [0.5, 0.6) is 0 Å². The first-order valence-corrected chi connectivity index (χ1v) is 6.28. The molecule has 102 valence electrons. The van der Waals surface area contributed by atoms with E-state index < -0.39 is 12.0 Å². The minimum absolute atomic E-state index is 0.391. The molecule has 0 heterocycles. The van der Waals surface area contributed by atoms with Crippen LogP contribution < -0.4 is 5.73 Å². The highest BCUT2D eigenvalue weighted by atomic mass is 16.3. The molecular weight excluding hydrogens is 226 g/mol. The second-order valence-electron chi connectivity index (χ2n) is 4.88. The third-order valence-corrected chi connectivity index (χ3v) is 2.80. The van der Waals surface area contributed by atoms with Crippen LogP contribution >= 0.6 is 0 Å². The monoisotopic (exact) mass is 251 g/mol. The number of rotatable bonds is 8. The summed E-state index contributed by atoms with van der Waals surface area (Å²) < 4.78 is 0. The molecule has 0 fully saturated rings. The maximum atomic E-state index is 10.6. The zero-order valence-electron chi connectivity index (χ0n) is 11.7. The van der Waals surface area contributed by atoms with Crippen molar-refractivity contribution < 1.29 is 9.90 Å². The quantitative estimate of drug-likeness (QED) is 0.514. The lowest BCUT2D eigenvalue weighted by atomic mass is 10.0. The van der Waals surface area contributed by atoms with Crippen molar-refractivity contribution in [3.8, 4) is 0 Å². The molecule has 1 unspecified atom stereocenters. The molecule has 18 heavy (non-hydrogen) atoms. The van der Waals surface area contributed by atoms with Gasteiger partial charge in [-0.3, -0.25) is 4.79 Å². The van der Waals surface area contributed by atoms with Crippen LogP contribution in [0.3, 0.4) is 0 Å². The van der Waals surface area contributed by atoms with Gasteiger partial charge in [0.25, 0.3) is 0 Å². The average molecular weight is 251 g/mol. The summed E-state index contributed by atoms with van der Waals surface area (Å²) in [5, 5.41) is 9.60. The molecule has 0 spiro atoms. The number of nitrogens with two attached hydrogens (primary N) is 1. The SMILES string of the molecule is C=C(C)C(O)CC/C(C)=C/CC/C(C)=C/C(N)=O. The summed E-state index contributed by atoms with van der Waals surface area (Å²) in [5.41, 5.74) is 8.12. The first kappa shape index (κ1) is 16.6. The molecule has 0 aliphatic rings. The van der Waals surface area contributed by atoms with E-state index in [2.05, 4.69) is 19.6 Å². The van der Waals surface area contributed by atoms with E-state index in [-0.39, 0.29) is 0 Å². The number of carbonyl (C=O) groups excluding carboxylic acids is 1. The van der Waals surface area contributed by atoms with Crippen molar-refractivity contribution >= 4 is 5.91 Å². The predicted octanol–water partition coefficient (Wildman–Crippen LogP) is 2.86. The molecule has 0 aromatic heterocycles. The van der Waals surface area contributed by atoms with Gasteiger partial charge in [0.05, 0.1) is 6.10 Å². The van der Waals surface area contributed by atoms with E-state index in [1.165, 1.54) is 11.6 Å². The molecule has 0 bridgehead atoms. The maximum absolute atomic E-state index is 10.6. The largest absolute Gasteiger partial charge is 0.389 e. The number of allylic oxidation sites excluding steroid dienone is 3. The fourth-order valence-electron chi connectivity index (χ4n) is 1.57. The number of amides is 1. The zero-order valence-corrected chi connectivity index (χ0v) is 11.7. The number of carbonyl (C=O) groups is 1. The normalized spacial score (nSPS) is 14.4. The molecule has 0 radical (unpaired) electrons. The summed E-state index contributed by atoms with van der Waals surface area (Å²) in [6, 6.07) is 0. The molecule has 0 aliphatic heterocycles. The number of hydrogen-bond donors (Lipinski definition) is 2.